The normalized spacial score (nSPS) is 12.1. The van der Waals surface area contributed by atoms with Crippen LogP contribution in [-0.4, -0.2) is 15.0 Å². The van der Waals surface area contributed by atoms with Gasteiger partial charge in [-0.25, -0.2) is 13.1 Å². The van der Waals surface area contributed by atoms with Gasteiger partial charge in [-0.05, 0) is 30.2 Å². The van der Waals surface area contributed by atoms with E-state index in [0.717, 1.165) is 18.4 Å². The van der Waals surface area contributed by atoms with Gasteiger partial charge in [0.15, 0.2) is 0 Å². The molecule has 0 atom stereocenters. The second-order valence-corrected chi connectivity index (χ2v) is 5.73. The van der Waals surface area contributed by atoms with Gasteiger partial charge in [-0.1, -0.05) is 37.1 Å². The van der Waals surface area contributed by atoms with Gasteiger partial charge in [0.25, 0.3) is 0 Å². The molecule has 1 rings (SSSR count). The molecule has 0 aliphatic carbocycles. The van der Waals surface area contributed by atoms with Crippen LogP contribution in [0.25, 0.3) is 6.08 Å². The average Bonchev–Trinajstić information content (AvgIpc) is 2.29. The zero-order chi connectivity index (χ0) is 12.7. The summed E-state index contributed by atoms with van der Waals surface area (Å²) in [6, 6.07) is 6.97. The Morgan fingerprint density at radius 1 is 1.29 bits per heavy atom. The third kappa shape index (κ3) is 5.86. The molecular formula is C12H16ClNO2S. The minimum atomic E-state index is -3.33. The van der Waals surface area contributed by atoms with Crippen molar-refractivity contribution < 1.29 is 8.42 Å². The third-order valence-electron chi connectivity index (χ3n) is 2.14. The molecule has 0 fully saturated rings. The summed E-state index contributed by atoms with van der Waals surface area (Å²) in [5.74, 6) is 0. The van der Waals surface area contributed by atoms with Crippen LogP contribution >= 0.6 is 11.6 Å². The first-order chi connectivity index (χ1) is 8.03. The zero-order valence-electron chi connectivity index (χ0n) is 9.69. The Bertz CT molecular complexity index is 466. The molecule has 0 aromatic heterocycles. The maximum atomic E-state index is 11.5. The molecule has 0 saturated carbocycles. The molecule has 1 aromatic rings. The Balaban J connectivity index is 2.60. The number of hydrogen-bond acceptors (Lipinski definition) is 2. The van der Waals surface area contributed by atoms with E-state index in [2.05, 4.69) is 4.72 Å². The summed E-state index contributed by atoms with van der Waals surface area (Å²) in [5.41, 5.74) is 0.801. The quantitative estimate of drug-likeness (QED) is 0.810. The highest BCUT2D eigenvalue weighted by molar-refractivity contribution is 7.92. The lowest BCUT2D eigenvalue weighted by Gasteiger charge is -2.00. The molecule has 1 aromatic carbocycles. The summed E-state index contributed by atoms with van der Waals surface area (Å²) in [4.78, 5) is 0. The van der Waals surface area contributed by atoms with Crippen LogP contribution in [0.2, 0.25) is 5.02 Å². The Labute approximate surface area is 108 Å². The zero-order valence-corrected chi connectivity index (χ0v) is 11.3. The van der Waals surface area contributed by atoms with Gasteiger partial charge in [-0.3, -0.25) is 0 Å². The molecule has 94 valence electrons. The van der Waals surface area contributed by atoms with E-state index in [1.165, 1.54) is 5.41 Å². The van der Waals surface area contributed by atoms with E-state index in [0.29, 0.717) is 11.6 Å². The summed E-state index contributed by atoms with van der Waals surface area (Å²) in [5, 5.41) is 1.80. The van der Waals surface area contributed by atoms with E-state index < -0.39 is 10.0 Å². The molecule has 0 aliphatic rings. The van der Waals surface area contributed by atoms with Gasteiger partial charge < -0.3 is 0 Å². The first-order valence-corrected chi connectivity index (χ1v) is 7.39. The van der Waals surface area contributed by atoms with Crippen LogP contribution in [0.1, 0.15) is 25.3 Å². The van der Waals surface area contributed by atoms with Gasteiger partial charge in [0.1, 0.15) is 0 Å². The van der Waals surface area contributed by atoms with Gasteiger partial charge >= 0.3 is 0 Å². The van der Waals surface area contributed by atoms with Gasteiger partial charge in [0.05, 0.1) is 0 Å². The average molecular weight is 274 g/mol. The van der Waals surface area contributed by atoms with Crippen LogP contribution in [0.3, 0.4) is 0 Å². The largest absolute Gasteiger partial charge is 0.233 e. The fourth-order valence-corrected chi connectivity index (χ4v) is 2.17. The SMILES string of the molecule is CCCCNS(=O)(=O)/C=C/c1ccc(Cl)cc1. The standard InChI is InChI=1S/C12H16ClNO2S/c1-2-3-9-14-17(15,16)10-8-11-4-6-12(13)7-5-11/h4-8,10,14H,2-3,9H2,1H3/b10-8+. The summed E-state index contributed by atoms with van der Waals surface area (Å²) >= 11 is 5.73. The molecule has 0 unspecified atom stereocenters. The fraction of sp³-hybridized carbons (Fsp3) is 0.333. The molecule has 0 spiro atoms. The fourth-order valence-electron chi connectivity index (χ4n) is 1.18. The van der Waals surface area contributed by atoms with Crippen LogP contribution in [-0.2, 0) is 10.0 Å². The van der Waals surface area contributed by atoms with E-state index in [4.69, 9.17) is 11.6 Å². The Kier molecular flexibility index (Phi) is 5.68. The van der Waals surface area contributed by atoms with Crippen LogP contribution < -0.4 is 4.72 Å². The van der Waals surface area contributed by atoms with Crippen molar-refractivity contribution in [2.24, 2.45) is 0 Å². The van der Waals surface area contributed by atoms with Crippen molar-refractivity contribution in [3.8, 4) is 0 Å². The molecule has 17 heavy (non-hydrogen) atoms. The smallest absolute Gasteiger partial charge is 0.212 e. The highest BCUT2D eigenvalue weighted by atomic mass is 35.5. The lowest BCUT2D eigenvalue weighted by molar-refractivity contribution is 0.587. The van der Waals surface area contributed by atoms with Crippen LogP contribution in [0, 0.1) is 0 Å². The predicted molar refractivity (Wildman–Crippen MR) is 72.3 cm³/mol. The number of hydrogen-bond donors (Lipinski definition) is 1. The van der Waals surface area contributed by atoms with Crippen molar-refractivity contribution in [2.75, 3.05) is 6.54 Å². The topological polar surface area (TPSA) is 46.2 Å². The molecule has 0 heterocycles. The lowest BCUT2D eigenvalue weighted by Crippen LogP contribution is -2.22. The first kappa shape index (κ1) is 14.2. The predicted octanol–water partition coefficient (Wildman–Crippen LogP) is 3.03. The molecule has 1 N–H and O–H groups in total. The van der Waals surface area contributed by atoms with Gasteiger partial charge in [0, 0.05) is 17.0 Å². The molecule has 0 amide bonds. The van der Waals surface area contributed by atoms with Gasteiger partial charge in [-0.15, -0.1) is 0 Å². The number of sulfonamides is 1. The minimum Gasteiger partial charge on any atom is -0.212 e. The molecule has 5 heteroatoms. The maximum absolute atomic E-state index is 11.5. The first-order valence-electron chi connectivity index (χ1n) is 5.47. The van der Waals surface area contributed by atoms with Gasteiger partial charge in [0.2, 0.25) is 10.0 Å². The van der Waals surface area contributed by atoms with Crippen molar-refractivity contribution >= 4 is 27.7 Å². The van der Waals surface area contributed by atoms with Gasteiger partial charge in [-0.2, -0.15) is 0 Å². The van der Waals surface area contributed by atoms with Crippen molar-refractivity contribution in [2.45, 2.75) is 19.8 Å². The number of nitrogens with one attached hydrogen (secondary N) is 1. The summed E-state index contributed by atoms with van der Waals surface area (Å²) in [6.07, 6.45) is 3.35. The van der Waals surface area contributed by atoms with E-state index in [-0.39, 0.29) is 0 Å². The van der Waals surface area contributed by atoms with Crippen LogP contribution in [0.5, 0.6) is 0 Å². The number of unbranched alkanes of at least 4 members (excludes halogenated alkanes) is 1. The minimum absolute atomic E-state index is 0.476. The number of rotatable bonds is 6. The Hall–Kier alpha value is -0.840. The highest BCUT2D eigenvalue weighted by Crippen LogP contribution is 2.11. The molecular weight excluding hydrogens is 258 g/mol. The molecule has 3 nitrogen and oxygen atoms in total. The second kappa shape index (κ2) is 6.79. The summed E-state index contributed by atoms with van der Waals surface area (Å²) in [6.45, 7) is 2.49. The van der Waals surface area contributed by atoms with Crippen LogP contribution in [0.15, 0.2) is 29.7 Å². The third-order valence-corrected chi connectivity index (χ3v) is 3.50. The van der Waals surface area contributed by atoms with E-state index >= 15 is 0 Å². The van der Waals surface area contributed by atoms with Crippen molar-refractivity contribution in [1.82, 2.24) is 4.72 Å². The van der Waals surface area contributed by atoms with E-state index in [1.54, 1.807) is 30.3 Å². The molecule has 0 saturated heterocycles. The van der Waals surface area contributed by atoms with E-state index in [9.17, 15) is 8.42 Å². The molecule has 0 radical (unpaired) electrons. The lowest BCUT2D eigenvalue weighted by atomic mass is 10.2. The number of benzene rings is 1. The number of halogens is 1. The summed E-state index contributed by atoms with van der Waals surface area (Å²) in [7, 11) is -3.33. The highest BCUT2D eigenvalue weighted by Gasteiger charge is 2.02. The Morgan fingerprint density at radius 2 is 1.94 bits per heavy atom. The maximum Gasteiger partial charge on any atom is 0.233 e. The van der Waals surface area contributed by atoms with Crippen molar-refractivity contribution in [3.63, 3.8) is 0 Å². The molecule has 0 aliphatic heterocycles. The summed E-state index contributed by atoms with van der Waals surface area (Å²) < 4.78 is 25.5. The van der Waals surface area contributed by atoms with Crippen molar-refractivity contribution in [3.05, 3.63) is 40.3 Å². The Morgan fingerprint density at radius 3 is 2.53 bits per heavy atom. The molecule has 0 bridgehead atoms. The van der Waals surface area contributed by atoms with E-state index in [1.807, 2.05) is 6.92 Å². The van der Waals surface area contributed by atoms with Crippen molar-refractivity contribution in [1.29, 1.82) is 0 Å². The monoisotopic (exact) mass is 273 g/mol. The van der Waals surface area contributed by atoms with Crippen LogP contribution in [0.4, 0.5) is 0 Å². The second-order valence-electron chi connectivity index (χ2n) is 3.65.